The fraction of sp³-hybridized carbons (Fsp3) is 0.412. The molecule has 0 bridgehead atoms. The van der Waals surface area contributed by atoms with Crippen molar-refractivity contribution < 1.29 is 9.13 Å². The number of benzene rings is 1. The maximum Gasteiger partial charge on any atom is 0.204 e. The molecule has 1 aliphatic heterocycles. The van der Waals surface area contributed by atoms with E-state index in [9.17, 15) is 4.39 Å². The molecule has 6 nitrogen and oxygen atoms in total. The summed E-state index contributed by atoms with van der Waals surface area (Å²) < 4.78 is 23.0. The third-order valence-corrected chi connectivity index (χ3v) is 4.53. The van der Waals surface area contributed by atoms with Crippen molar-refractivity contribution in [2.24, 2.45) is 7.05 Å². The minimum absolute atomic E-state index is 0.249. The fourth-order valence-electron chi connectivity index (χ4n) is 3.31. The van der Waals surface area contributed by atoms with Crippen LogP contribution in [0.25, 0.3) is 11.0 Å². The number of fused-ring (bicyclic) bond motifs is 2. The number of nitrogens with one attached hydrogen (secondary N) is 1. The average molecular weight is 329 g/mol. The quantitative estimate of drug-likeness (QED) is 0.799. The van der Waals surface area contributed by atoms with Crippen LogP contribution >= 0.6 is 0 Å². The number of halogens is 1. The number of rotatable bonds is 4. The number of hydrogen-bond acceptors (Lipinski definition) is 4. The van der Waals surface area contributed by atoms with Crippen LogP contribution < -0.4 is 5.32 Å². The van der Waals surface area contributed by atoms with Crippen LogP contribution in [0.5, 0.6) is 0 Å². The van der Waals surface area contributed by atoms with Gasteiger partial charge in [0.05, 0.1) is 42.2 Å². The molecule has 0 spiro atoms. The zero-order valence-electron chi connectivity index (χ0n) is 13.8. The van der Waals surface area contributed by atoms with Crippen molar-refractivity contribution in [1.82, 2.24) is 19.3 Å². The molecule has 0 amide bonds. The maximum atomic E-state index is 13.5. The van der Waals surface area contributed by atoms with Gasteiger partial charge in [0, 0.05) is 25.6 Å². The van der Waals surface area contributed by atoms with Crippen LogP contribution in [0.2, 0.25) is 0 Å². The number of anilines is 1. The summed E-state index contributed by atoms with van der Waals surface area (Å²) >= 11 is 0. The van der Waals surface area contributed by atoms with Crippen LogP contribution in [0.1, 0.15) is 23.9 Å². The molecule has 1 aromatic carbocycles. The topological polar surface area (TPSA) is 56.9 Å². The van der Waals surface area contributed by atoms with Crippen LogP contribution in [-0.4, -0.2) is 25.9 Å². The molecule has 2 aromatic heterocycles. The van der Waals surface area contributed by atoms with E-state index in [0.29, 0.717) is 13.2 Å². The van der Waals surface area contributed by atoms with Crippen LogP contribution in [0, 0.1) is 5.82 Å². The fourth-order valence-corrected chi connectivity index (χ4v) is 3.31. The number of ether oxygens (including phenoxy) is 1. The van der Waals surface area contributed by atoms with Crippen molar-refractivity contribution in [3.63, 3.8) is 0 Å². The molecule has 3 aromatic rings. The van der Waals surface area contributed by atoms with Crippen molar-refractivity contribution >= 4 is 17.0 Å². The van der Waals surface area contributed by atoms with Crippen molar-refractivity contribution in [3.05, 3.63) is 41.0 Å². The average Bonchev–Trinajstić information content (AvgIpc) is 3.08. The second-order valence-electron chi connectivity index (χ2n) is 5.96. The van der Waals surface area contributed by atoms with Gasteiger partial charge in [0.2, 0.25) is 5.95 Å². The highest BCUT2D eigenvalue weighted by molar-refractivity contribution is 5.78. The normalized spacial score (nSPS) is 14.1. The van der Waals surface area contributed by atoms with E-state index in [1.807, 2.05) is 23.2 Å². The predicted molar refractivity (Wildman–Crippen MR) is 89.3 cm³/mol. The molecule has 0 unspecified atom stereocenters. The van der Waals surface area contributed by atoms with E-state index < -0.39 is 0 Å². The Morgan fingerprint density at radius 1 is 1.38 bits per heavy atom. The Kier molecular flexibility index (Phi) is 3.72. The van der Waals surface area contributed by atoms with Gasteiger partial charge in [0.1, 0.15) is 5.82 Å². The van der Waals surface area contributed by atoms with Crippen molar-refractivity contribution in [3.8, 4) is 0 Å². The van der Waals surface area contributed by atoms with Crippen LogP contribution in [0.4, 0.5) is 10.3 Å². The molecule has 24 heavy (non-hydrogen) atoms. The summed E-state index contributed by atoms with van der Waals surface area (Å²) in [5.74, 6) is 0.492. The van der Waals surface area contributed by atoms with E-state index in [1.165, 1.54) is 17.7 Å². The highest BCUT2D eigenvalue weighted by Crippen LogP contribution is 2.23. The monoisotopic (exact) mass is 329 g/mol. The van der Waals surface area contributed by atoms with Crippen molar-refractivity contribution in [2.75, 3.05) is 11.9 Å². The van der Waals surface area contributed by atoms with Gasteiger partial charge in [-0.15, -0.1) is 0 Å². The Morgan fingerprint density at radius 3 is 3.08 bits per heavy atom. The Labute approximate surface area is 139 Å². The highest BCUT2D eigenvalue weighted by atomic mass is 19.1. The maximum absolute atomic E-state index is 13.5. The lowest BCUT2D eigenvalue weighted by atomic mass is 10.1. The number of imidazole rings is 1. The van der Waals surface area contributed by atoms with E-state index in [0.717, 1.165) is 47.9 Å². The molecule has 0 radical (unpaired) electrons. The summed E-state index contributed by atoms with van der Waals surface area (Å²) in [7, 11) is 1.95. The SMILES string of the molecule is CCn1c(NCc2c3c(nn2C)CCOC3)nc2ccc(F)cc21. The van der Waals surface area contributed by atoms with Gasteiger partial charge in [-0.25, -0.2) is 9.37 Å². The first-order valence-corrected chi connectivity index (χ1v) is 8.18. The van der Waals surface area contributed by atoms with E-state index in [1.54, 1.807) is 6.07 Å². The summed E-state index contributed by atoms with van der Waals surface area (Å²) in [6.07, 6.45) is 0.857. The lowest BCUT2D eigenvalue weighted by Gasteiger charge is -2.13. The van der Waals surface area contributed by atoms with Gasteiger partial charge in [0.15, 0.2) is 0 Å². The Hall–Kier alpha value is -2.41. The number of nitrogens with zero attached hydrogens (tertiary/aromatic N) is 4. The van der Waals surface area contributed by atoms with Crippen LogP contribution in [0.3, 0.4) is 0 Å². The van der Waals surface area contributed by atoms with Crippen molar-refractivity contribution in [1.29, 1.82) is 0 Å². The summed E-state index contributed by atoms with van der Waals surface area (Å²) in [5.41, 5.74) is 4.98. The molecule has 126 valence electrons. The number of hydrogen-bond donors (Lipinski definition) is 1. The molecule has 1 aliphatic rings. The molecule has 7 heteroatoms. The summed E-state index contributed by atoms with van der Waals surface area (Å²) in [6.45, 7) is 4.68. The lowest BCUT2D eigenvalue weighted by molar-refractivity contribution is 0.109. The molecular formula is C17H20FN5O. The smallest absolute Gasteiger partial charge is 0.204 e. The summed E-state index contributed by atoms with van der Waals surface area (Å²) in [6, 6.07) is 4.67. The zero-order valence-corrected chi connectivity index (χ0v) is 13.8. The van der Waals surface area contributed by atoms with Crippen LogP contribution in [-0.2, 0) is 37.9 Å². The minimum Gasteiger partial charge on any atom is -0.376 e. The first-order valence-electron chi connectivity index (χ1n) is 8.18. The molecule has 0 atom stereocenters. The van der Waals surface area contributed by atoms with Gasteiger partial charge in [0.25, 0.3) is 0 Å². The molecule has 0 fully saturated rings. The first-order chi connectivity index (χ1) is 11.7. The van der Waals surface area contributed by atoms with Gasteiger partial charge in [-0.2, -0.15) is 5.10 Å². The van der Waals surface area contributed by atoms with E-state index >= 15 is 0 Å². The minimum atomic E-state index is -0.249. The van der Waals surface area contributed by atoms with E-state index in [2.05, 4.69) is 15.4 Å². The summed E-state index contributed by atoms with van der Waals surface area (Å²) in [4.78, 5) is 4.59. The molecule has 0 saturated carbocycles. The molecule has 0 saturated heterocycles. The first kappa shape index (κ1) is 15.1. The van der Waals surface area contributed by atoms with Gasteiger partial charge >= 0.3 is 0 Å². The number of aromatic nitrogens is 4. The third kappa shape index (κ3) is 2.45. The Balaban J connectivity index is 1.65. The molecular weight excluding hydrogens is 309 g/mol. The summed E-state index contributed by atoms with van der Waals surface area (Å²) in [5, 5.41) is 7.96. The van der Waals surface area contributed by atoms with E-state index in [4.69, 9.17) is 4.74 Å². The predicted octanol–water partition coefficient (Wildman–Crippen LogP) is 2.61. The van der Waals surface area contributed by atoms with Gasteiger partial charge in [-0.05, 0) is 25.1 Å². The molecule has 1 N–H and O–H groups in total. The van der Waals surface area contributed by atoms with Crippen LogP contribution in [0.15, 0.2) is 18.2 Å². The van der Waals surface area contributed by atoms with Gasteiger partial charge < -0.3 is 14.6 Å². The zero-order chi connectivity index (χ0) is 16.7. The largest absolute Gasteiger partial charge is 0.376 e. The lowest BCUT2D eigenvalue weighted by Crippen LogP contribution is -2.13. The molecule has 3 heterocycles. The van der Waals surface area contributed by atoms with E-state index in [-0.39, 0.29) is 5.82 Å². The second kappa shape index (κ2) is 5.90. The highest BCUT2D eigenvalue weighted by Gasteiger charge is 2.20. The van der Waals surface area contributed by atoms with Gasteiger partial charge in [-0.1, -0.05) is 0 Å². The Morgan fingerprint density at radius 2 is 2.25 bits per heavy atom. The Bertz CT molecular complexity index is 898. The molecule has 4 rings (SSSR count). The number of aryl methyl sites for hydroxylation is 2. The third-order valence-electron chi connectivity index (χ3n) is 4.53. The van der Waals surface area contributed by atoms with Crippen molar-refractivity contribution in [2.45, 2.75) is 33.0 Å². The standard InChI is InChI=1S/C17H20FN5O/c1-3-23-15-8-11(18)4-5-14(15)20-17(23)19-9-16-12-10-24-7-6-13(12)21-22(16)2/h4-5,8H,3,6-7,9-10H2,1-2H3,(H,19,20). The van der Waals surface area contributed by atoms with Gasteiger partial charge in [-0.3, -0.25) is 4.68 Å². The molecule has 0 aliphatic carbocycles. The second-order valence-corrected chi connectivity index (χ2v) is 5.96.